The molecule has 0 aliphatic heterocycles. The van der Waals surface area contributed by atoms with Crippen molar-refractivity contribution in [3.8, 4) is 0 Å². The van der Waals surface area contributed by atoms with Crippen LogP contribution in [0.3, 0.4) is 0 Å². The molecule has 0 unspecified atom stereocenters. The third kappa shape index (κ3) is 2.69. The summed E-state index contributed by atoms with van der Waals surface area (Å²) >= 11 is 0. The molecule has 1 fully saturated rings. The number of amides is 1. The van der Waals surface area contributed by atoms with Crippen LogP contribution in [0.25, 0.3) is 0 Å². The van der Waals surface area contributed by atoms with Crippen LogP contribution in [-0.4, -0.2) is 33.1 Å². The van der Waals surface area contributed by atoms with Gasteiger partial charge in [-0.25, -0.2) is 4.68 Å². The SMILES string of the molecule is CNC(=O)Cn1nnc(CO)c1C1CCCCC1. The van der Waals surface area contributed by atoms with E-state index in [1.165, 1.54) is 19.3 Å². The number of nitrogens with one attached hydrogen (secondary N) is 1. The zero-order valence-corrected chi connectivity index (χ0v) is 10.7. The van der Waals surface area contributed by atoms with E-state index in [0.29, 0.717) is 11.6 Å². The van der Waals surface area contributed by atoms with Crippen LogP contribution in [0, 0.1) is 0 Å². The van der Waals surface area contributed by atoms with E-state index in [-0.39, 0.29) is 19.1 Å². The highest BCUT2D eigenvalue weighted by molar-refractivity contribution is 5.75. The summed E-state index contributed by atoms with van der Waals surface area (Å²) in [5.74, 6) is 0.280. The fraction of sp³-hybridized carbons (Fsp3) is 0.750. The van der Waals surface area contributed by atoms with E-state index in [2.05, 4.69) is 15.6 Å². The Kier molecular flexibility index (Phi) is 4.30. The maximum Gasteiger partial charge on any atom is 0.241 e. The number of aliphatic hydroxyl groups excluding tert-OH is 1. The molecule has 1 aliphatic carbocycles. The average molecular weight is 252 g/mol. The molecule has 0 bridgehead atoms. The van der Waals surface area contributed by atoms with Gasteiger partial charge in [0.05, 0.1) is 12.3 Å². The van der Waals surface area contributed by atoms with Crippen LogP contribution in [0.2, 0.25) is 0 Å². The fourth-order valence-electron chi connectivity index (χ4n) is 2.62. The minimum Gasteiger partial charge on any atom is -0.390 e. The van der Waals surface area contributed by atoms with Gasteiger partial charge in [-0.15, -0.1) is 5.10 Å². The van der Waals surface area contributed by atoms with Crippen LogP contribution in [0.4, 0.5) is 0 Å². The number of carbonyl (C=O) groups is 1. The molecule has 1 amide bonds. The molecule has 1 aromatic heterocycles. The van der Waals surface area contributed by atoms with E-state index in [1.54, 1.807) is 11.7 Å². The van der Waals surface area contributed by atoms with Gasteiger partial charge in [0, 0.05) is 13.0 Å². The summed E-state index contributed by atoms with van der Waals surface area (Å²) in [6.07, 6.45) is 5.84. The van der Waals surface area contributed by atoms with Crippen LogP contribution in [0.1, 0.15) is 49.4 Å². The number of aliphatic hydroxyl groups is 1. The lowest BCUT2D eigenvalue weighted by molar-refractivity contribution is -0.121. The lowest BCUT2D eigenvalue weighted by Crippen LogP contribution is -2.26. The quantitative estimate of drug-likeness (QED) is 0.820. The maximum atomic E-state index is 11.5. The highest BCUT2D eigenvalue weighted by atomic mass is 16.3. The smallest absolute Gasteiger partial charge is 0.241 e. The highest BCUT2D eigenvalue weighted by Crippen LogP contribution is 2.33. The standard InChI is InChI=1S/C12H20N4O2/c1-13-11(18)7-16-12(10(8-17)14-15-16)9-5-3-2-4-6-9/h9,17H,2-8H2,1H3,(H,13,18). The van der Waals surface area contributed by atoms with Gasteiger partial charge in [0.1, 0.15) is 12.2 Å². The van der Waals surface area contributed by atoms with Gasteiger partial charge in [0.25, 0.3) is 0 Å². The number of nitrogens with zero attached hydrogens (tertiary/aromatic N) is 3. The van der Waals surface area contributed by atoms with E-state index < -0.39 is 0 Å². The van der Waals surface area contributed by atoms with Gasteiger partial charge in [-0.1, -0.05) is 24.5 Å². The summed E-state index contributed by atoms with van der Waals surface area (Å²) in [6, 6.07) is 0. The van der Waals surface area contributed by atoms with Crippen LogP contribution < -0.4 is 5.32 Å². The van der Waals surface area contributed by atoms with E-state index in [4.69, 9.17) is 0 Å². The third-order valence-corrected chi connectivity index (χ3v) is 3.56. The molecule has 1 aliphatic rings. The molecule has 0 radical (unpaired) electrons. The molecular formula is C12H20N4O2. The van der Waals surface area contributed by atoms with Crippen molar-refractivity contribution >= 4 is 5.91 Å². The molecule has 0 spiro atoms. The molecule has 18 heavy (non-hydrogen) atoms. The summed E-state index contributed by atoms with van der Waals surface area (Å²) in [7, 11) is 1.60. The minimum absolute atomic E-state index is 0.0959. The topological polar surface area (TPSA) is 80.0 Å². The molecule has 6 nitrogen and oxygen atoms in total. The van der Waals surface area contributed by atoms with Crippen LogP contribution in [-0.2, 0) is 17.9 Å². The van der Waals surface area contributed by atoms with Crippen molar-refractivity contribution in [2.75, 3.05) is 7.05 Å². The van der Waals surface area contributed by atoms with Crippen molar-refractivity contribution in [3.63, 3.8) is 0 Å². The average Bonchev–Trinajstić information content (AvgIpc) is 2.82. The van der Waals surface area contributed by atoms with Crippen LogP contribution >= 0.6 is 0 Å². The van der Waals surface area contributed by atoms with Gasteiger partial charge in [0.2, 0.25) is 5.91 Å². The molecule has 1 aromatic rings. The Morgan fingerprint density at radius 1 is 1.44 bits per heavy atom. The highest BCUT2D eigenvalue weighted by Gasteiger charge is 2.24. The molecular weight excluding hydrogens is 232 g/mol. The molecule has 1 saturated carbocycles. The van der Waals surface area contributed by atoms with Crippen molar-refractivity contribution in [1.82, 2.24) is 20.3 Å². The van der Waals surface area contributed by atoms with E-state index in [9.17, 15) is 9.90 Å². The van der Waals surface area contributed by atoms with Crippen molar-refractivity contribution < 1.29 is 9.90 Å². The second kappa shape index (κ2) is 5.95. The molecule has 2 rings (SSSR count). The van der Waals surface area contributed by atoms with Crippen molar-refractivity contribution in [1.29, 1.82) is 0 Å². The number of hydrogen-bond donors (Lipinski definition) is 2. The fourth-order valence-corrected chi connectivity index (χ4v) is 2.62. The number of likely N-dealkylation sites (N-methyl/N-ethyl adjacent to an activating group) is 1. The van der Waals surface area contributed by atoms with Gasteiger partial charge in [-0.3, -0.25) is 4.79 Å². The summed E-state index contributed by atoms with van der Waals surface area (Å²) < 4.78 is 1.64. The molecule has 0 saturated heterocycles. The Hall–Kier alpha value is -1.43. The molecule has 0 atom stereocenters. The van der Waals surface area contributed by atoms with E-state index in [0.717, 1.165) is 18.5 Å². The van der Waals surface area contributed by atoms with Crippen LogP contribution in [0.15, 0.2) is 0 Å². The molecule has 0 aromatic carbocycles. The summed E-state index contributed by atoms with van der Waals surface area (Å²) in [4.78, 5) is 11.5. The lowest BCUT2D eigenvalue weighted by Gasteiger charge is -2.22. The number of hydrogen-bond acceptors (Lipinski definition) is 4. The Labute approximate surface area is 106 Å². The zero-order valence-electron chi connectivity index (χ0n) is 10.7. The van der Waals surface area contributed by atoms with E-state index >= 15 is 0 Å². The first-order chi connectivity index (χ1) is 8.76. The largest absolute Gasteiger partial charge is 0.390 e. The molecule has 100 valence electrons. The van der Waals surface area contributed by atoms with Gasteiger partial charge in [0.15, 0.2) is 0 Å². The Morgan fingerprint density at radius 2 is 2.17 bits per heavy atom. The predicted octanol–water partition coefficient (Wildman–Crippen LogP) is 0.564. The predicted molar refractivity (Wildman–Crippen MR) is 65.8 cm³/mol. The zero-order chi connectivity index (χ0) is 13.0. The molecule has 2 N–H and O–H groups in total. The van der Waals surface area contributed by atoms with E-state index in [1.807, 2.05) is 0 Å². The Bertz CT molecular complexity index is 410. The monoisotopic (exact) mass is 252 g/mol. The first-order valence-electron chi connectivity index (χ1n) is 6.50. The lowest BCUT2D eigenvalue weighted by atomic mass is 9.86. The van der Waals surface area contributed by atoms with Gasteiger partial charge >= 0.3 is 0 Å². The van der Waals surface area contributed by atoms with Crippen molar-refractivity contribution in [3.05, 3.63) is 11.4 Å². The first kappa shape index (κ1) is 13.0. The first-order valence-corrected chi connectivity index (χ1v) is 6.50. The van der Waals surface area contributed by atoms with Gasteiger partial charge in [-0.2, -0.15) is 0 Å². The second-order valence-electron chi connectivity index (χ2n) is 4.75. The summed E-state index contributed by atoms with van der Waals surface area (Å²) in [6.45, 7) is 0.0644. The summed E-state index contributed by atoms with van der Waals surface area (Å²) in [5, 5.41) is 19.9. The third-order valence-electron chi connectivity index (χ3n) is 3.56. The number of aromatic nitrogens is 3. The van der Waals surface area contributed by atoms with Gasteiger partial charge < -0.3 is 10.4 Å². The number of rotatable bonds is 4. The molecule has 6 heteroatoms. The van der Waals surface area contributed by atoms with Crippen molar-refractivity contribution in [2.45, 2.75) is 51.2 Å². The molecule has 1 heterocycles. The minimum atomic E-state index is -0.112. The Morgan fingerprint density at radius 3 is 2.78 bits per heavy atom. The van der Waals surface area contributed by atoms with Crippen LogP contribution in [0.5, 0.6) is 0 Å². The van der Waals surface area contributed by atoms with Crippen molar-refractivity contribution in [2.24, 2.45) is 0 Å². The maximum absolute atomic E-state index is 11.5. The van der Waals surface area contributed by atoms with Gasteiger partial charge in [-0.05, 0) is 12.8 Å². The number of carbonyl (C=O) groups excluding carboxylic acids is 1. The Balaban J connectivity index is 2.23. The second-order valence-corrected chi connectivity index (χ2v) is 4.75. The summed E-state index contributed by atoms with van der Waals surface area (Å²) in [5.41, 5.74) is 1.56. The normalized spacial score (nSPS) is 16.8.